The monoisotopic (exact) mass is 520 g/mol. The average molecular weight is 521 g/mol. The molecule has 0 spiro atoms. The van der Waals surface area contributed by atoms with E-state index in [9.17, 15) is 9.59 Å². The van der Waals surface area contributed by atoms with Crippen LogP contribution in [0.2, 0.25) is 0 Å². The number of alkyl carbamates (subject to hydrolysis) is 1. The third-order valence-electron chi connectivity index (χ3n) is 6.74. The number of nitrogens with one attached hydrogen (secondary N) is 1. The molecule has 2 fully saturated rings. The van der Waals surface area contributed by atoms with Crippen molar-refractivity contribution in [3.8, 4) is 0 Å². The Morgan fingerprint density at radius 3 is 2.28 bits per heavy atom. The van der Waals surface area contributed by atoms with Crippen molar-refractivity contribution in [1.82, 2.24) is 20.2 Å². The Morgan fingerprint density at radius 1 is 1.17 bits per heavy atom. The van der Waals surface area contributed by atoms with Crippen molar-refractivity contribution in [2.75, 3.05) is 13.1 Å². The van der Waals surface area contributed by atoms with E-state index in [4.69, 9.17) is 14.0 Å². The first-order valence-corrected chi connectivity index (χ1v) is 13.6. The summed E-state index contributed by atoms with van der Waals surface area (Å²) in [5, 5.41) is 3.59. The molecule has 0 saturated carbocycles. The number of thioether (sulfide) groups is 1. The maximum atomic E-state index is 13.3. The minimum absolute atomic E-state index is 0.0658. The van der Waals surface area contributed by atoms with Crippen molar-refractivity contribution >= 4 is 36.3 Å². The molecular formula is C25H41BN4O5S. The summed E-state index contributed by atoms with van der Waals surface area (Å²) >= 11 is 1.57. The Labute approximate surface area is 220 Å². The van der Waals surface area contributed by atoms with E-state index in [1.807, 2.05) is 46.4 Å². The van der Waals surface area contributed by atoms with E-state index in [1.54, 1.807) is 44.9 Å². The maximum Gasteiger partial charge on any atom is 0.498 e. The van der Waals surface area contributed by atoms with Crippen LogP contribution in [-0.2, 0) is 18.8 Å². The number of nitrogens with zero attached hydrogens (tertiary/aromatic N) is 3. The largest absolute Gasteiger partial charge is 0.498 e. The standard InChI is InChI=1S/C25H41BN4O5S/c1-16(2)19(29-22(32)33-23(3,4)5)20(31)30-12-10-11-18(15-30)36-21-27-13-17(14-28-21)26-34-24(6,7)25(8,9)35-26/h13-14,16,18-19H,10-12,15H2,1-9H3,(H,29,32). The molecule has 0 radical (unpaired) electrons. The molecule has 2 aliphatic heterocycles. The molecule has 36 heavy (non-hydrogen) atoms. The zero-order chi connectivity index (χ0) is 26.9. The molecule has 1 N–H and O–H groups in total. The van der Waals surface area contributed by atoms with Crippen molar-refractivity contribution in [2.45, 2.75) is 108 Å². The number of carbonyl (C=O) groups is 2. The van der Waals surface area contributed by atoms with Gasteiger partial charge in [-0.1, -0.05) is 25.6 Å². The SMILES string of the molecule is CC(C)C(NC(=O)OC(C)(C)C)C(=O)N1CCCC(Sc2ncc(B3OC(C)(C)C(C)(C)O3)cn2)C1. The lowest BCUT2D eigenvalue weighted by Gasteiger charge is -2.35. The summed E-state index contributed by atoms with van der Waals surface area (Å²) in [4.78, 5) is 36.5. The topological polar surface area (TPSA) is 103 Å². The molecule has 9 nitrogen and oxygen atoms in total. The van der Waals surface area contributed by atoms with Gasteiger partial charge in [-0.15, -0.1) is 0 Å². The molecule has 2 amide bonds. The number of amides is 2. The number of ether oxygens (including phenoxy) is 1. The Kier molecular flexibility index (Phi) is 8.67. The van der Waals surface area contributed by atoms with E-state index in [0.29, 0.717) is 18.2 Å². The van der Waals surface area contributed by atoms with Crippen molar-refractivity contribution in [1.29, 1.82) is 0 Å². The summed E-state index contributed by atoms with van der Waals surface area (Å²) in [6, 6.07) is -0.640. The van der Waals surface area contributed by atoms with Gasteiger partial charge in [0, 0.05) is 36.2 Å². The summed E-state index contributed by atoms with van der Waals surface area (Å²) in [7, 11) is -0.498. The molecular weight excluding hydrogens is 479 g/mol. The predicted molar refractivity (Wildman–Crippen MR) is 141 cm³/mol. The van der Waals surface area contributed by atoms with Gasteiger partial charge < -0.3 is 24.3 Å². The van der Waals surface area contributed by atoms with Gasteiger partial charge in [-0.25, -0.2) is 14.8 Å². The smallest absolute Gasteiger partial charge is 0.444 e. The molecule has 1 aromatic rings. The van der Waals surface area contributed by atoms with Gasteiger partial charge in [0.15, 0.2) is 5.16 Å². The minimum Gasteiger partial charge on any atom is -0.444 e. The molecule has 1 aromatic heterocycles. The van der Waals surface area contributed by atoms with Crippen LogP contribution in [0.25, 0.3) is 0 Å². The Morgan fingerprint density at radius 2 is 1.75 bits per heavy atom. The van der Waals surface area contributed by atoms with E-state index >= 15 is 0 Å². The van der Waals surface area contributed by atoms with Gasteiger partial charge in [-0.2, -0.15) is 0 Å². The lowest BCUT2D eigenvalue weighted by molar-refractivity contribution is -0.135. The summed E-state index contributed by atoms with van der Waals surface area (Å²) < 4.78 is 17.5. The van der Waals surface area contributed by atoms with E-state index in [2.05, 4.69) is 15.3 Å². The zero-order valence-electron chi connectivity index (χ0n) is 23.1. The summed E-state index contributed by atoms with van der Waals surface area (Å²) in [5.41, 5.74) is -0.684. The molecule has 2 saturated heterocycles. The normalized spacial score (nSPS) is 22.4. The third kappa shape index (κ3) is 7.13. The van der Waals surface area contributed by atoms with Crippen molar-refractivity contribution in [3.05, 3.63) is 12.4 Å². The first kappa shape index (κ1) is 28.7. The molecule has 2 unspecified atom stereocenters. The Balaban J connectivity index is 1.59. The highest BCUT2D eigenvalue weighted by molar-refractivity contribution is 7.99. The lowest BCUT2D eigenvalue weighted by Crippen LogP contribution is -2.54. The van der Waals surface area contributed by atoms with Gasteiger partial charge in [0.2, 0.25) is 5.91 Å². The molecule has 0 aliphatic carbocycles. The summed E-state index contributed by atoms with van der Waals surface area (Å²) in [5.74, 6) is -0.151. The van der Waals surface area contributed by atoms with Crippen LogP contribution >= 0.6 is 11.8 Å². The highest BCUT2D eigenvalue weighted by Gasteiger charge is 2.52. The van der Waals surface area contributed by atoms with E-state index in [0.717, 1.165) is 18.3 Å². The fourth-order valence-corrected chi connectivity index (χ4v) is 5.08. The molecule has 3 heterocycles. The molecule has 3 rings (SSSR count). The summed E-state index contributed by atoms with van der Waals surface area (Å²) in [6.07, 6.45) is 4.77. The summed E-state index contributed by atoms with van der Waals surface area (Å²) in [6.45, 7) is 18.5. The number of likely N-dealkylation sites (tertiary alicyclic amines) is 1. The molecule has 2 atom stereocenters. The second kappa shape index (κ2) is 10.9. The van der Waals surface area contributed by atoms with Crippen LogP contribution in [0.15, 0.2) is 17.6 Å². The quantitative estimate of drug-likeness (QED) is 0.450. The van der Waals surface area contributed by atoms with Crippen LogP contribution < -0.4 is 10.8 Å². The predicted octanol–water partition coefficient (Wildman–Crippen LogP) is 3.41. The third-order valence-corrected chi connectivity index (χ3v) is 7.88. The van der Waals surface area contributed by atoms with Gasteiger partial charge in [0.05, 0.1) is 11.2 Å². The Hall–Kier alpha value is -1.85. The highest BCUT2D eigenvalue weighted by atomic mass is 32.2. The number of aromatic nitrogens is 2. The Bertz CT molecular complexity index is 919. The molecule has 2 aliphatic rings. The van der Waals surface area contributed by atoms with Crippen molar-refractivity contribution in [2.24, 2.45) is 5.92 Å². The lowest BCUT2D eigenvalue weighted by atomic mass is 9.81. The van der Waals surface area contributed by atoms with E-state index in [1.165, 1.54) is 0 Å². The number of piperidine rings is 1. The van der Waals surface area contributed by atoms with Crippen LogP contribution in [0.3, 0.4) is 0 Å². The highest BCUT2D eigenvalue weighted by Crippen LogP contribution is 2.36. The van der Waals surface area contributed by atoms with Gasteiger partial charge >= 0.3 is 13.2 Å². The van der Waals surface area contributed by atoms with E-state index < -0.39 is 36.1 Å². The minimum atomic E-state index is -0.640. The van der Waals surface area contributed by atoms with Gasteiger partial charge in [-0.05, 0) is 67.2 Å². The van der Waals surface area contributed by atoms with Crippen LogP contribution in [-0.4, -0.2) is 75.2 Å². The number of rotatable bonds is 6. The van der Waals surface area contributed by atoms with Crippen LogP contribution in [0.4, 0.5) is 4.79 Å². The molecule has 0 bridgehead atoms. The van der Waals surface area contributed by atoms with Crippen molar-refractivity contribution in [3.63, 3.8) is 0 Å². The second-order valence-corrected chi connectivity index (χ2v) is 13.2. The average Bonchev–Trinajstić information content (AvgIpc) is 2.98. The number of carbonyl (C=O) groups excluding carboxylic acids is 2. The first-order chi connectivity index (χ1) is 16.6. The molecule has 11 heteroatoms. The van der Waals surface area contributed by atoms with Crippen LogP contribution in [0.1, 0.15) is 75.2 Å². The van der Waals surface area contributed by atoms with E-state index in [-0.39, 0.29) is 17.1 Å². The van der Waals surface area contributed by atoms with Crippen molar-refractivity contribution < 1.29 is 23.6 Å². The van der Waals surface area contributed by atoms with Gasteiger partial charge in [0.25, 0.3) is 0 Å². The van der Waals surface area contributed by atoms with Crippen LogP contribution in [0, 0.1) is 5.92 Å². The zero-order valence-corrected chi connectivity index (χ0v) is 23.9. The van der Waals surface area contributed by atoms with Crippen LogP contribution in [0.5, 0.6) is 0 Å². The molecule has 200 valence electrons. The number of hydrogen-bond acceptors (Lipinski definition) is 8. The van der Waals surface area contributed by atoms with Gasteiger partial charge in [0.1, 0.15) is 11.6 Å². The fourth-order valence-electron chi connectivity index (χ4n) is 4.02. The molecule has 0 aromatic carbocycles. The fraction of sp³-hybridized carbons (Fsp3) is 0.760. The second-order valence-electron chi connectivity index (χ2n) is 11.9. The first-order valence-electron chi connectivity index (χ1n) is 12.7. The van der Waals surface area contributed by atoms with Gasteiger partial charge in [-0.3, -0.25) is 4.79 Å². The maximum absolute atomic E-state index is 13.3. The number of hydrogen-bond donors (Lipinski definition) is 1.